The van der Waals surface area contributed by atoms with Crippen molar-refractivity contribution in [1.29, 1.82) is 0 Å². The number of nitrogens with one attached hydrogen (secondary N) is 1. The van der Waals surface area contributed by atoms with Crippen LogP contribution in [0.3, 0.4) is 0 Å². The topological polar surface area (TPSA) is 30.5 Å². The van der Waals surface area contributed by atoms with Crippen molar-refractivity contribution in [1.82, 2.24) is 5.32 Å². The van der Waals surface area contributed by atoms with E-state index in [9.17, 15) is 0 Å². The Morgan fingerprint density at radius 3 is 2.90 bits per heavy atom. The smallest absolute Gasteiger partial charge is 0.119 e. The maximum absolute atomic E-state index is 5.41. The molecule has 0 saturated heterocycles. The SMILES string of the molecule is CCCNC1c2cc(OC)ccc2CCC1SCCOC. The van der Waals surface area contributed by atoms with Crippen LogP contribution in [0, 0.1) is 0 Å². The summed E-state index contributed by atoms with van der Waals surface area (Å²) in [6.07, 6.45) is 3.55. The summed E-state index contributed by atoms with van der Waals surface area (Å²) in [7, 11) is 3.51. The molecule has 0 fully saturated rings. The molecule has 1 aliphatic rings. The fraction of sp³-hybridized carbons (Fsp3) is 0.647. The molecule has 0 amide bonds. The van der Waals surface area contributed by atoms with Crippen LogP contribution in [-0.2, 0) is 11.2 Å². The molecule has 2 atom stereocenters. The summed E-state index contributed by atoms with van der Waals surface area (Å²) in [6.45, 7) is 4.10. The van der Waals surface area contributed by atoms with E-state index in [4.69, 9.17) is 9.47 Å². The van der Waals surface area contributed by atoms with Crippen molar-refractivity contribution in [2.45, 2.75) is 37.5 Å². The minimum Gasteiger partial charge on any atom is -0.497 e. The molecular weight excluding hydrogens is 282 g/mol. The number of methoxy groups -OCH3 is 2. The van der Waals surface area contributed by atoms with Gasteiger partial charge in [-0.1, -0.05) is 13.0 Å². The molecule has 0 bridgehead atoms. The molecule has 0 aromatic heterocycles. The minimum absolute atomic E-state index is 0.422. The molecule has 0 heterocycles. The summed E-state index contributed by atoms with van der Waals surface area (Å²) in [4.78, 5) is 0. The molecule has 21 heavy (non-hydrogen) atoms. The minimum atomic E-state index is 0.422. The first-order valence-electron chi connectivity index (χ1n) is 7.80. The predicted molar refractivity (Wildman–Crippen MR) is 90.5 cm³/mol. The van der Waals surface area contributed by atoms with Gasteiger partial charge in [0.15, 0.2) is 0 Å². The lowest BCUT2D eigenvalue weighted by Crippen LogP contribution is -2.35. The van der Waals surface area contributed by atoms with Gasteiger partial charge in [0.05, 0.1) is 13.7 Å². The van der Waals surface area contributed by atoms with Gasteiger partial charge in [0.1, 0.15) is 5.75 Å². The number of ether oxygens (including phenoxy) is 2. The van der Waals surface area contributed by atoms with E-state index in [1.54, 1.807) is 14.2 Å². The van der Waals surface area contributed by atoms with E-state index in [2.05, 4.69) is 30.4 Å². The molecule has 0 saturated carbocycles. The number of benzene rings is 1. The van der Waals surface area contributed by atoms with Crippen molar-refractivity contribution in [3.8, 4) is 5.75 Å². The predicted octanol–water partition coefficient (Wildman–Crippen LogP) is 3.43. The van der Waals surface area contributed by atoms with Gasteiger partial charge < -0.3 is 14.8 Å². The summed E-state index contributed by atoms with van der Waals surface area (Å²) in [6, 6.07) is 6.94. The second kappa shape index (κ2) is 8.66. The van der Waals surface area contributed by atoms with E-state index in [0.717, 1.165) is 37.5 Å². The Labute approximate surface area is 132 Å². The molecule has 0 radical (unpaired) electrons. The van der Waals surface area contributed by atoms with Crippen molar-refractivity contribution in [2.75, 3.05) is 33.1 Å². The van der Waals surface area contributed by atoms with Crippen LogP contribution in [0.25, 0.3) is 0 Å². The zero-order valence-corrected chi connectivity index (χ0v) is 14.2. The molecule has 0 spiro atoms. The Morgan fingerprint density at radius 2 is 2.19 bits per heavy atom. The summed E-state index contributed by atoms with van der Waals surface area (Å²) in [5.74, 6) is 2.02. The average Bonchev–Trinajstić information content (AvgIpc) is 2.53. The van der Waals surface area contributed by atoms with Crippen LogP contribution in [0.5, 0.6) is 5.75 Å². The molecule has 1 N–H and O–H groups in total. The van der Waals surface area contributed by atoms with E-state index in [0.29, 0.717) is 11.3 Å². The summed E-state index contributed by atoms with van der Waals surface area (Å²) in [5.41, 5.74) is 2.89. The third-order valence-corrected chi connectivity index (χ3v) is 5.33. The first kappa shape index (κ1) is 16.7. The second-order valence-corrected chi connectivity index (χ2v) is 6.78. The average molecular weight is 309 g/mol. The molecule has 2 unspecified atom stereocenters. The molecule has 118 valence electrons. The molecule has 1 aromatic carbocycles. The Hall–Kier alpha value is -0.710. The van der Waals surface area contributed by atoms with E-state index in [1.165, 1.54) is 17.5 Å². The number of hydrogen-bond donors (Lipinski definition) is 1. The standard InChI is InChI=1S/C17H27NO2S/c1-4-9-18-17-15-12-14(20-3)7-5-13(15)6-8-16(17)21-11-10-19-2/h5,7,12,16-18H,4,6,8-11H2,1-3H3. The number of rotatable bonds is 8. The van der Waals surface area contributed by atoms with Gasteiger partial charge in [-0.05, 0) is 49.1 Å². The highest BCUT2D eigenvalue weighted by atomic mass is 32.2. The second-order valence-electron chi connectivity index (χ2n) is 5.44. The van der Waals surface area contributed by atoms with Gasteiger partial charge >= 0.3 is 0 Å². The van der Waals surface area contributed by atoms with E-state index >= 15 is 0 Å². The van der Waals surface area contributed by atoms with Crippen molar-refractivity contribution in [3.05, 3.63) is 29.3 Å². The van der Waals surface area contributed by atoms with Crippen molar-refractivity contribution >= 4 is 11.8 Å². The van der Waals surface area contributed by atoms with Gasteiger partial charge in [-0.2, -0.15) is 11.8 Å². The Kier molecular flexibility index (Phi) is 6.87. The maximum Gasteiger partial charge on any atom is 0.119 e. The van der Waals surface area contributed by atoms with Gasteiger partial charge in [-0.3, -0.25) is 0 Å². The van der Waals surface area contributed by atoms with Gasteiger partial charge in [-0.25, -0.2) is 0 Å². The summed E-state index contributed by atoms with van der Waals surface area (Å²) >= 11 is 2.03. The number of fused-ring (bicyclic) bond motifs is 1. The maximum atomic E-state index is 5.41. The normalized spacial score (nSPS) is 21.1. The van der Waals surface area contributed by atoms with E-state index in [-0.39, 0.29) is 0 Å². The monoisotopic (exact) mass is 309 g/mol. The van der Waals surface area contributed by atoms with Crippen LogP contribution in [0.2, 0.25) is 0 Å². The quantitative estimate of drug-likeness (QED) is 0.745. The lowest BCUT2D eigenvalue weighted by atomic mass is 9.87. The van der Waals surface area contributed by atoms with E-state index < -0.39 is 0 Å². The summed E-state index contributed by atoms with van der Waals surface area (Å²) in [5, 5.41) is 4.36. The molecule has 3 nitrogen and oxygen atoms in total. The highest BCUT2D eigenvalue weighted by molar-refractivity contribution is 7.99. The first-order chi connectivity index (χ1) is 10.3. The third kappa shape index (κ3) is 4.38. The van der Waals surface area contributed by atoms with Gasteiger partial charge in [0.2, 0.25) is 0 Å². The number of hydrogen-bond acceptors (Lipinski definition) is 4. The van der Waals surface area contributed by atoms with Crippen molar-refractivity contribution in [3.63, 3.8) is 0 Å². The molecule has 2 rings (SSSR count). The Morgan fingerprint density at radius 1 is 1.33 bits per heavy atom. The van der Waals surface area contributed by atoms with Crippen LogP contribution in [0.15, 0.2) is 18.2 Å². The van der Waals surface area contributed by atoms with Crippen LogP contribution < -0.4 is 10.1 Å². The molecular formula is C17H27NO2S. The van der Waals surface area contributed by atoms with Crippen LogP contribution in [-0.4, -0.2) is 38.4 Å². The highest BCUT2D eigenvalue weighted by Gasteiger charge is 2.29. The van der Waals surface area contributed by atoms with Gasteiger partial charge in [0, 0.05) is 24.2 Å². The Bertz CT molecular complexity index is 439. The summed E-state index contributed by atoms with van der Waals surface area (Å²) < 4.78 is 10.6. The molecule has 1 aliphatic carbocycles. The van der Waals surface area contributed by atoms with Crippen LogP contribution in [0.1, 0.15) is 36.9 Å². The number of thioether (sulfide) groups is 1. The zero-order valence-electron chi connectivity index (χ0n) is 13.4. The number of aryl methyl sites for hydroxylation is 1. The molecule has 1 aromatic rings. The highest BCUT2D eigenvalue weighted by Crippen LogP contribution is 2.38. The van der Waals surface area contributed by atoms with Crippen molar-refractivity contribution in [2.24, 2.45) is 0 Å². The largest absolute Gasteiger partial charge is 0.497 e. The van der Waals surface area contributed by atoms with Crippen LogP contribution in [0.4, 0.5) is 0 Å². The van der Waals surface area contributed by atoms with E-state index in [1.807, 2.05) is 11.8 Å². The Balaban J connectivity index is 2.16. The van der Waals surface area contributed by atoms with Gasteiger partial charge in [0.25, 0.3) is 0 Å². The zero-order chi connectivity index (χ0) is 15.1. The lowest BCUT2D eigenvalue weighted by molar-refractivity contribution is 0.218. The van der Waals surface area contributed by atoms with Crippen LogP contribution >= 0.6 is 11.8 Å². The molecule has 4 heteroatoms. The van der Waals surface area contributed by atoms with Crippen molar-refractivity contribution < 1.29 is 9.47 Å². The fourth-order valence-corrected chi connectivity index (χ4v) is 4.17. The van der Waals surface area contributed by atoms with Gasteiger partial charge in [-0.15, -0.1) is 0 Å². The lowest BCUT2D eigenvalue weighted by Gasteiger charge is -2.34. The fourth-order valence-electron chi connectivity index (χ4n) is 2.89. The third-order valence-electron chi connectivity index (χ3n) is 3.99. The molecule has 0 aliphatic heterocycles. The first-order valence-corrected chi connectivity index (χ1v) is 8.85.